The summed E-state index contributed by atoms with van der Waals surface area (Å²) in [5.74, 6) is 4.11. The van der Waals surface area contributed by atoms with E-state index in [9.17, 15) is 0 Å². The molecule has 3 heterocycles. The Hall–Kier alpha value is -1.95. The normalized spacial score (nSPS) is 31.2. The zero-order chi connectivity index (χ0) is 18.9. The fraction of sp³-hybridized carbons (Fsp3) is 0.682. The van der Waals surface area contributed by atoms with Crippen LogP contribution in [0, 0.1) is 24.7 Å². The van der Waals surface area contributed by atoms with E-state index < -0.39 is 0 Å². The monoisotopic (exact) mass is 381 g/mol. The summed E-state index contributed by atoms with van der Waals surface area (Å²) in [6.07, 6.45) is 17.2. The summed E-state index contributed by atoms with van der Waals surface area (Å²) in [4.78, 5) is 15.8. The highest BCUT2D eigenvalue weighted by atomic mass is 16.5. The van der Waals surface area contributed by atoms with Gasteiger partial charge < -0.3 is 14.2 Å². The molecule has 1 saturated heterocycles. The molecule has 0 unspecified atom stereocenters. The lowest BCUT2D eigenvalue weighted by atomic mass is 9.77. The second-order valence-corrected chi connectivity index (χ2v) is 9.01. The summed E-state index contributed by atoms with van der Waals surface area (Å²) < 4.78 is 8.70. The second-order valence-electron chi connectivity index (χ2n) is 9.01. The molecule has 0 radical (unpaired) electrons. The summed E-state index contributed by atoms with van der Waals surface area (Å²) in [5, 5.41) is 0. The number of nitrogens with zero attached hydrogens (tertiary/aromatic N) is 5. The SMILES string of the molecule is Cc1nccn1[C@H]1C[C@H]2CN(CC3CCCC3)C[C@H]2C[C@@H]1Oc1cnccn1. The predicted octanol–water partition coefficient (Wildman–Crippen LogP) is 3.50. The molecule has 0 amide bonds. The van der Waals surface area contributed by atoms with Crippen molar-refractivity contribution in [1.29, 1.82) is 0 Å². The molecule has 3 fully saturated rings. The highest BCUT2D eigenvalue weighted by molar-refractivity contribution is 5.07. The summed E-state index contributed by atoms with van der Waals surface area (Å²) in [6.45, 7) is 5.88. The average molecular weight is 382 g/mol. The van der Waals surface area contributed by atoms with Crippen LogP contribution in [-0.2, 0) is 0 Å². The van der Waals surface area contributed by atoms with Gasteiger partial charge in [-0.3, -0.25) is 4.98 Å². The number of imidazole rings is 1. The van der Waals surface area contributed by atoms with Gasteiger partial charge in [0.2, 0.25) is 5.88 Å². The summed E-state index contributed by atoms with van der Waals surface area (Å²) >= 11 is 0. The molecule has 150 valence electrons. The maximum Gasteiger partial charge on any atom is 0.232 e. The van der Waals surface area contributed by atoms with Crippen molar-refractivity contribution >= 4 is 0 Å². The lowest BCUT2D eigenvalue weighted by Crippen LogP contribution is -2.40. The molecule has 0 bridgehead atoms. The van der Waals surface area contributed by atoms with Crippen molar-refractivity contribution in [3.05, 3.63) is 36.8 Å². The molecule has 6 nitrogen and oxygen atoms in total. The zero-order valence-corrected chi connectivity index (χ0v) is 16.8. The van der Waals surface area contributed by atoms with Crippen LogP contribution in [0.4, 0.5) is 0 Å². The van der Waals surface area contributed by atoms with Gasteiger partial charge in [0.25, 0.3) is 0 Å². The number of hydrogen-bond donors (Lipinski definition) is 0. The minimum absolute atomic E-state index is 0.122. The molecule has 0 spiro atoms. The first kappa shape index (κ1) is 18.1. The van der Waals surface area contributed by atoms with E-state index in [1.807, 2.05) is 6.20 Å². The Morgan fingerprint density at radius 2 is 1.86 bits per heavy atom. The smallest absolute Gasteiger partial charge is 0.232 e. The fourth-order valence-corrected chi connectivity index (χ4v) is 5.85. The minimum Gasteiger partial charge on any atom is -0.471 e. The van der Waals surface area contributed by atoms with Gasteiger partial charge in [-0.05, 0) is 50.4 Å². The van der Waals surface area contributed by atoms with Crippen LogP contribution in [0.15, 0.2) is 31.0 Å². The van der Waals surface area contributed by atoms with Gasteiger partial charge >= 0.3 is 0 Å². The average Bonchev–Trinajstić information content (AvgIpc) is 3.43. The summed E-state index contributed by atoms with van der Waals surface area (Å²) in [5.41, 5.74) is 0. The molecule has 0 N–H and O–H groups in total. The van der Waals surface area contributed by atoms with Gasteiger partial charge in [-0.1, -0.05) is 12.8 Å². The maximum absolute atomic E-state index is 6.38. The van der Waals surface area contributed by atoms with Gasteiger partial charge in [0.15, 0.2) is 0 Å². The van der Waals surface area contributed by atoms with Gasteiger partial charge in [-0.15, -0.1) is 0 Å². The van der Waals surface area contributed by atoms with E-state index in [0.29, 0.717) is 11.9 Å². The molecule has 2 aromatic rings. The highest BCUT2D eigenvalue weighted by Gasteiger charge is 2.44. The van der Waals surface area contributed by atoms with Crippen molar-refractivity contribution in [1.82, 2.24) is 24.4 Å². The van der Waals surface area contributed by atoms with E-state index in [1.165, 1.54) is 45.3 Å². The van der Waals surface area contributed by atoms with Crippen molar-refractivity contribution in [3.63, 3.8) is 0 Å². The van der Waals surface area contributed by atoms with Crippen LogP contribution in [0.3, 0.4) is 0 Å². The molecule has 5 rings (SSSR count). The molecular weight excluding hydrogens is 350 g/mol. The fourth-order valence-electron chi connectivity index (χ4n) is 5.85. The summed E-state index contributed by atoms with van der Waals surface area (Å²) in [7, 11) is 0. The molecule has 28 heavy (non-hydrogen) atoms. The first-order chi connectivity index (χ1) is 13.8. The third-order valence-electron chi connectivity index (χ3n) is 7.18. The predicted molar refractivity (Wildman–Crippen MR) is 107 cm³/mol. The molecule has 6 heteroatoms. The number of aromatic nitrogens is 4. The lowest BCUT2D eigenvalue weighted by Gasteiger charge is -2.38. The second kappa shape index (κ2) is 7.82. The largest absolute Gasteiger partial charge is 0.471 e. The molecule has 3 aliphatic rings. The standard InChI is InChI=1S/C22H31N5O/c1-16-24-8-9-27(16)20-10-18-14-26(13-17-4-2-3-5-17)15-19(18)11-21(20)28-22-12-23-6-7-25-22/h6-9,12,17-21H,2-5,10-11,13-15H2,1H3/t18-,19+,20-,21-/m0/s1. The van der Waals surface area contributed by atoms with Crippen LogP contribution in [0.1, 0.15) is 50.4 Å². The topological polar surface area (TPSA) is 56.1 Å². The van der Waals surface area contributed by atoms with E-state index in [1.54, 1.807) is 18.6 Å². The van der Waals surface area contributed by atoms with Crippen molar-refractivity contribution in [2.45, 2.75) is 57.6 Å². The van der Waals surface area contributed by atoms with Crippen molar-refractivity contribution in [2.24, 2.45) is 17.8 Å². The van der Waals surface area contributed by atoms with Crippen molar-refractivity contribution < 1.29 is 4.74 Å². The zero-order valence-electron chi connectivity index (χ0n) is 16.8. The Morgan fingerprint density at radius 1 is 1.04 bits per heavy atom. The van der Waals surface area contributed by atoms with E-state index in [-0.39, 0.29) is 6.10 Å². The number of likely N-dealkylation sites (tertiary alicyclic amines) is 1. The molecule has 1 aliphatic heterocycles. The first-order valence-corrected chi connectivity index (χ1v) is 10.9. The Bertz CT molecular complexity index is 772. The third kappa shape index (κ3) is 3.66. The Kier molecular flexibility index (Phi) is 5.05. The number of hydrogen-bond acceptors (Lipinski definition) is 5. The van der Waals surface area contributed by atoms with Crippen LogP contribution in [0.5, 0.6) is 5.88 Å². The Balaban J connectivity index is 1.33. The quantitative estimate of drug-likeness (QED) is 0.793. The Labute approximate surface area is 167 Å². The molecule has 2 saturated carbocycles. The van der Waals surface area contributed by atoms with E-state index in [4.69, 9.17) is 4.74 Å². The minimum atomic E-state index is 0.122. The number of rotatable bonds is 5. The maximum atomic E-state index is 6.38. The van der Waals surface area contributed by atoms with Crippen LogP contribution < -0.4 is 4.74 Å². The van der Waals surface area contributed by atoms with Gasteiger partial charge in [-0.25, -0.2) is 9.97 Å². The number of fused-ring (bicyclic) bond motifs is 1. The third-order valence-corrected chi connectivity index (χ3v) is 7.18. The molecule has 2 aliphatic carbocycles. The van der Waals surface area contributed by atoms with Crippen LogP contribution in [0.25, 0.3) is 0 Å². The van der Waals surface area contributed by atoms with E-state index in [0.717, 1.165) is 36.4 Å². The van der Waals surface area contributed by atoms with Crippen molar-refractivity contribution in [3.8, 4) is 5.88 Å². The van der Waals surface area contributed by atoms with E-state index >= 15 is 0 Å². The van der Waals surface area contributed by atoms with Gasteiger partial charge in [0, 0.05) is 44.4 Å². The van der Waals surface area contributed by atoms with Crippen LogP contribution in [-0.4, -0.2) is 50.2 Å². The van der Waals surface area contributed by atoms with Gasteiger partial charge in [0.1, 0.15) is 11.9 Å². The molecule has 0 aromatic carbocycles. The lowest BCUT2D eigenvalue weighted by molar-refractivity contribution is 0.0501. The molecule has 2 aromatic heterocycles. The summed E-state index contributed by atoms with van der Waals surface area (Å²) in [6, 6.07) is 0.317. The first-order valence-electron chi connectivity index (χ1n) is 10.9. The highest BCUT2D eigenvalue weighted by Crippen LogP contribution is 2.43. The van der Waals surface area contributed by atoms with Gasteiger partial charge in [0.05, 0.1) is 12.2 Å². The molecule has 4 atom stereocenters. The Morgan fingerprint density at radius 3 is 2.57 bits per heavy atom. The van der Waals surface area contributed by atoms with E-state index in [2.05, 4.69) is 37.5 Å². The van der Waals surface area contributed by atoms with Crippen LogP contribution in [0.2, 0.25) is 0 Å². The molecular formula is C22H31N5O. The van der Waals surface area contributed by atoms with Crippen LogP contribution >= 0.6 is 0 Å². The van der Waals surface area contributed by atoms with Crippen molar-refractivity contribution in [2.75, 3.05) is 19.6 Å². The number of aryl methyl sites for hydroxylation is 1. The number of ether oxygens (including phenoxy) is 1. The van der Waals surface area contributed by atoms with Gasteiger partial charge in [-0.2, -0.15) is 0 Å².